The first-order chi connectivity index (χ1) is 50.5. The molecule has 0 saturated heterocycles. The Morgan fingerprint density at radius 1 is 0.104 bits per heavy atom. The summed E-state index contributed by atoms with van der Waals surface area (Å²) in [6, 6.07) is -17.6. The maximum atomic E-state index is 14.2. The first-order valence-corrected chi connectivity index (χ1v) is 29.2. The molecule has 0 bridgehead atoms. The van der Waals surface area contributed by atoms with E-state index in [9.17, 15) is 211 Å². The second-order valence-electron chi connectivity index (χ2n) is 24.4. The fraction of sp³-hybridized carbons (Fsp3) is 0.250. The van der Waals surface area contributed by atoms with Gasteiger partial charge in [-0.15, -0.1) is 0 Å². The molecule has 8 aromatic carbocycles. The van der Waals surface area contributed by atoms with Gasteiger partial charge in [-0.25, -0.2) is 0 Å². The molecule has 0 unspecified atom stereocenters. The van der Waals surface area contributed by atoms with Crippen molar-refractivity contribution in [2.45, 2.75) is 98.8 Å². The van der Waals surface area contributed by atoms with Crippen molar-refractivity contribution in [3.63, 3.8) is 0 Å². The molecule has 0 heterocycles. The van der Waals surface area contributed by atoms with Crippen LogP contribution in [0.3, 0.4) is 0 Å². The van der Waals surface area contributed by atoms with E-state index in [-0.39, 0.29) is 16.5 Å². The topological polar surface area (TPSA) is 0 Å². The second-order valence-corrected chi connectivity index (χ2v) is 24.4. The van der Waals surface area contributed by atoms with Crippen molar-refractivity contribution >= 4 is 56.0 Å². The molecule has 8 rings (SSSR count). The summed E-state index contributed by atoms with van der Waals surface area (Å²) in [5.74, 6) is 0. The Hall–Kier alpha value is -8.98. The van der Waals surface area contributed by atoms with Crippen molar-refractivity contribution in [1.29, 1.82) is 0 Å². The Morgan fingerprint density at radius 2 is 0.157 bits per heavy atom. The van der Waals surface area contributed by atoms with Crippen molar-refractivity contribution < 1.29 is 227 Å². The third-order valence-electron chi connectivity index (χ3n) is 16.9. The van der Waals surface area contributed by atoms with E-state index in [4.69, 9.17) is 0 Å². The zero-order chi connectivity index (χ0) is 87.8. The first-order valence-electron chi connectivity index (χ1n) is 29.2. The molecule has 0 nitrogen and oxygen atoms in total. The Kier molecular flexibility index (Phi) is 24.7. The normalized spacial score (nSPS) is 14.2. The molecular formula is C64H24B2F48Ni. The molecule has 115 heavy (non-hydrogen) atoms. The minimum absolute atomic E-state index is 0. The van der Waals surface area contributed by atoms with Gasteiger partial charge in [0.15, 0.2) is 0 Å². The summed E-state index contributed by atoms with van der Waals surface area (Å²) in [4.78, 5) is 0. The van der Waals surface area contributed by atoms with Crippen molar-refractivity contribution in [2.75, 3.05) is 0 Å². The van der Waals surface area contributed by atoms with Crippen LogP contribution in [-0.4, -0.2) is 12.3 Å². The van der Waals surface area contributed by atoms with E-state index in [0.29, 0.717) is 0 Å². The Bertz CT molecular complexity index is 3710. The van der Waals surface area contributed by atoms with Crippen LogP contribution in [0.1, 0.15) is 89.0 Å². The molecule has 0 aromatic heterocycles. The number of alkyl halides is 48. The molecule has 0 N–H and O–H groups in total. The quantitative estimate of drug-likeness (QED) is 0.105. The SMILES string of the molecule is FC(F)(F)c1cc([B-](c2cc(C(F)(F)F)cc(C(F)(F)F)c2)(c2cc(C(F)(F)F)cc(C(F)(F)F)c2)c2cc(C(F)(F)F)cc(C(F)(F)F)c2)cc(C(F)(F)F)c1.FC(F)(F)c1cc([B-](c2cc(C(F)(F)F)cc(C(F)(F)F)c2)(c2cc(C(F)(F)F)cc(C(F)(F)F)c2)c2cc(C(F)(F)F)cc(C(F)(F)F)c2)cc(C(F)(F)F)c1.[Ni+2]. The maximum absolute atomic E-state index is 14.2. The van der Waals surface area contributed by atoms with E-state index >= 15 is 0 Å². The summed E-state index contributed by atoms with van der Waals surface area (Å²) in [5, 5.41) is 0. The van der Waals surface area contributed by atoms with E-state index in [1.807, 2.05) is 0 Å². The summed E-state index contributed by atoms with van der Waals surface area (Å²) in [7, 11) is 0. The Labute approximate surface area is 615 Å². The van der Waals surface area contributed by atoms with Gasteiger partial charge in [-0.3, -0.25) is 0 Å². The standard InChI is InChI=1S/2C32H12BF24.Ni/c2*34-25(35,36)13-1-14(26(37,38)39)6-21(5-13)33(22-7-15(27(40,41)42)2-16(8-22)28(43,44)45,23-9-17(29(46,47)48)3-18(10-23)30(49,50)51)24-11-19(31(52,53)54)4-20(12-24)32(55,56)57;/h2*1-12H;/q2*-1;+2. The molecule has 51 heteroatoms. The zero-order valence-electron chi connectivity index (χ0n) is 53.5. The molecule has 0 fully saturated rings. The molecule has 0 saturated carbocycles. The van der Waals surface area contributed by atoms with E-state index in [1.54, 1.807) is 0 Å². The van der Waals surface area contributed by atoms with Crippen LogP contribution in [0.2, 0.25) is 0 Å². The second kappa shape index (κ2) is 29.9. The third kappa shape index (κ3) is 20.9. The number of rotatable bonds is 8. The molecule has 8 aromatic rings. The van der Waals surface area contributed by atoms with Gasteiger partial charge in [0, 0.05) is 0 Å². The van der Waals surface area contributed by atoms with E-state index in [0.717, 1.165) is 0 Å². The summed E-state index contributed by atoms with van der Waals surface area (Å²) in [6.45, 7) is 0. The molecule has 0 atom stereocenters. The fourth-order valence-corrected chi connectivity index (χ4v) is 12.1. The van der Waals surface area contributed by atoms with Gasteiger partial charge in [0.1, 0.15) is 12.3 Å². The fourth-order valence-electron chi connectivity index (χ4n) is 12.1. The summed E-state index contributed by atoms with van der Waals surface area (Å²) >= 11 is 0. The van der Waals surface area contributed by atoms with Gasteiger partial charge in [-0.05, 0) is 48.5 Å². The van der Waals surface area contributed by atoms with Gasteiger partial charge < -0.3 is 0 Å². The van der Waals surface area contributed by atoms with Crippen molar-refractivity contribution in [1.82, 2.24) is 0 Å². The smallest absolute Gasteiger partial charge is 0.194 e. The van der Waals surface area contributed by atoms with Crippen LogP contribution in [-0.2, 0) is 115 Å². The number of halogens is 48. The van der Waals surface area contributed by atoms with Gasteiger partial charge in [0.05, 0.1) is 89.0 Å². The monoisotopic (exact) mass is 1780 g/mol. The molecule has 0 amide bonds. The van der Waals surface area contributed by atoms with Crippen LogP contribution in [0, 0.1) is 0 Å². The van der Waals surface area contributed by atoms with Gasteiger partial charge in [0.25, 0.3) is 0 Å². The zero-order valence-corrected chi connectivity index (χ0v) is 54.5. The van der Waals surface area contributed by atoms with Crippen LogP contribution >= 0.6 is 0 Å². The van der Waals surface area contributed by atoms with Crippen LogP contribution < -0.4 is 43.7 Å². The number of hydrogen-bond donors (Lipinski definition) is 0. The van der Waals surface area contributed by atoms with E-state index < -0.39 is 389 Å². The average Bonchev–Trinajstić information content (AvgIpc) is 0.711. The first kappa shape index (κ1) is 94.9. The van der Waals surface area contributed by atoms with Crippen molar-refractivity contribution in [2.24, 2.45) is 0 Å². The summed E-state index contributed by atoms with van der Waals surface area (Å²) in [5.41, 5.74) is -60.4. The minimum atomic E-state index is -6.13. The summed E-state index contributed by atoms with van der Waals surface area (Å²) < 4.78 is 682. The van der Waals surface area contributed by atoms with Crippen LogP contribution in [0.4, 0.5) is 211 Å². The molecule has 0 radical (unpaired) electrons. The largest absolute Gasteiger partial charge is 2.00 e. The molecule has 0 aliphatic carbocycles. The van der Waals surface area contributed by atoms with Gasteiger partial charge in [-0.2, -0.15) is 254 Å². The molecule has 0 aliphatic heterocycles. The summed E-state index contributed by atoms with van der Waals surface area (Å²) in [6.07, 6.45) is -110. The third-order valence-corrected chi connectivity index (χ3v) is 16.9. The molecule has 0 spiro atoms. The Balaban J connectivity index is 0.000000355. The van der Waals surface area contributed by atoms with E-state index in [2.05, 4.69) is 0 Å². The van der Waals surface area contributed by atoms with Crippen LogP contribution in [0.25, 0.3) is 0 Å². The van der Waals surface area contributed by atoms with Gasteiger partial charge in [0.2, 0.25) is 0 Å². The maximum Gasteiger partial charge on any atom is 2.00 e. The number of hydrogen-bond acceptors (Lipinski definition) is 0. The average molecular weight is 1790 g/mol. The Morgan fingerprint density at radius 3 is 0.200 bits per heavy atom. The van der Waals surface area contributed by atoms with E-state index in [1.165, 1.54) is 0 Å². The molecule has 0 aliphatic rings. The predicted molar refractivity (Wildman–Crippen MR) is 300 cm³/mol. The molecular weight excluding hydrogens is 1760 g/mol. The van der Waals surface area contributed by atoms with Gasteiger partial charge in [-0.1, -0.05) is 97.1 Å². The predicted octanol–water partition coefficient (Wildman–Crippen LogP) is 22.4. The minimum Gasteiger partial charge on any atom is -0.194 e. The van der Waals surface area contributed by atoms with Crippen LogP contribution in [0.15, 0.2) is 146 Å². The van der Waals surface area contributed by atoms with Crippen LogP contribution in [0.5, 0.6) is 0 Å². The van der Waals surface area contributed by atoms with Crippen molar-refractivity contribution in [3.8, 4) is 0 Å². The van der Waals surface area contributed by atoms with Crippen molar-refractivity contribution in [3.05, 3.63) is 235 Å². The van der Waals surface area contributed by atoms with Gasteiger partial charge >= 0.3 is 115 Å². The molecule has 632 valence electrons. The number of benzene rings is 8.